The molecule has 1 saturated carbocycles. The Bertz CT molecular complexity index is 961. The van der Waals surface area contributed by atoms with Crippen LogP contribution in [-0.2, 0) is 0 Å². The molecular formula is C23H31N5O2. The Morgan fingerprint density at radius 2 is 2.00 bits per heavy atom. The van der Waals surface area contributed by atoms with E-state index in [9.17, 15) is 9.90 Å². The Hall–Kier alpha value is -2.51. The first kappa shape index (κ1) is 20.8. The predicted octanol–water partition coefficient (Wildman–Crippen LogP) is 2.53. The Balaban J connectivity index is 1.57. The van der Waals surface area contributed by atoms with Crippen LogP contribution >= 0.6 is 0 Å². The van der Waals surface area contributed by atoms with Crippen molar-refractivity contribution in [3.63, 3.8) is 0 Å². The van der Waals surface area contributed by atoms with Crippen molar-refractivity contribution in [2.75, 3.05) is 18.0 Å². The number of amides is 1. The van der Waals surface area contributed by atoms with E-state index in [0.717, 1.165) is 61.7 Å². The number of nitrogens with zero attached hydrogens (tertiary/aromatic N) is 3. The van der Waals surface area contributed by atoms with Gasteiger partial charge in [-0.05, 0) is 64.2 Å². The predicted molar refractivity (Wildman–Crippen MR) is 120 cm³/mol. The number of fused-ring (bicyclic) bond motifs is 1. The van der Waals surface area contributed by atoms with Gasteiger partial charge in [0.1, 0.15) is 11.7 Å². The molecule has 4 rings (SSSR count). The monoisotopic (exact) mass is 409 g/mol. The molecule has 0 radical (unpaired) electrons. The van der Waals surface area contributed by atoms with Gasteiger partial charge < -0.3 is 21.1 Å². The minimum Gasteiger partial charge on any atom is -0.392 e. The molecular weight excluding hydrogens is 378 g/mol. The number of hydrogen-bond acceptors (Lipinski definition) is 5. The standard InChI is InChI=1S/C23H31N5O2/c1-14-6-7-19-16(12-14)13-18(23(30)25-15(2)24)22(27-19)28-10-8-17(9-11-28)26-20-4-3-5-21(20)29/h6-7,12-13,17,20-21,26,29H,3-5,8-11H2,1-2H3,(H2,24,25,30)/t20-,21-/m0/s1. The maximum atomic E-state index is 12.8. The molecule has 30 heavy (non-hydrogen) atoms. The van der Waals surface area contributed by atoms with E-state index in [2.05, 4.69) is 15.2 Å². The SMILES string of the molecule is CC(N)=NC(=O)c1cc2cc(C)ccc2nc1N1CCC(N[C@H]2CCC[C@@H]2O)CC1. The minimum absolute atomic E-state index is 0.211. The molecule has 4 N–H and O–H groups in total. The second-order valence-electron chi connectivity index (χ2n) is 8.65. The van der Waals surface area contributed by atoms with Gasteiger partial charge in [-0.1, -0.05) is 11.6 Å². The number of hydrogen-bond donors (Lipinski definition) is 3. The van der Waals surface area contributed by atoms with E-state index in [0.29, 0.717) is 17.4 Å². The number of aliphatic hydroxyl groups excluding tert-OH is 1. The summed E-state index contributed by atoms with van der Waals surface area (Å²) in [6, 6.07) is 8.54. The number of amidine groups is 1. The van der Waals surface area contributed by atoms with Crippen LogP contribution in [0.15, 0.2) is 29.3 Å². The molecule has 1 aliphatic heterocycles. The molecule has 2 aliphatic rings. The van der Waals surface area contributed by atoms with Crippen molar-refractivity contribution in [1.82, 2.24) is 10.3 Å². The average Bonchev–Trinajstić information content (AvgIpc) is 3.11. The topological polar surface area (TPSA) is 104 Å². The second kappa shape index (κ2) is 8.70. The molecule has 2 heterocycles. The molecule has 1 amide bonds. The molecule has 2 fully saturated rings. The number of rotatable bonds is 4. The average molecular weight is 410 g/mol. The molecule has 1 aromatic heterocycles. The highest BCUT2D eigenvalue weighted by Gasteiger charge is 2.30. The van der Waals surface area contributed by atoms with Crippen LogP contribution in [0.3, 0.4) is 0 Å². The molecule has 0 bridgehead atoms. The van der Waals surface area contributed by atoms with Crippen molar-refractivity contribution in [2.45, 2.75) is 64.1 Å². The minimum atomic E-state index is -0.352. The van der Waals surface area contributed by atoms with Crippen LogP contribution in [-0.4, -0.2) is 53.1 Å². The number of anilines is 1. The van der Waals surface area contributed by atoms with E-state index in [-0.39, 0.29) is 23.9 Å². The van der Waals surface area contributed by atoms with Gasteiger partial charge in [-0.25, -0.2) is 4.98 Å². The molecule has 7 nitrogen and oxygen atoms in total. The summed E-state index contributed by atoms with van der Waals surface area (Å²) in [6.07, 6.45) is 4.69. The van der Waals surface area contributed by atoms with Crippen LogP contribution in [0.2, 0.25) is 0 Å². The maximum Gasteiger partial charge on any atom is 0.282 e. The summed E-state index contributed by atoms with van der Waals surface area (Å²) in [5, 5.41) is 14.7. The van der Waals surface area contributed by atoms with Crippen molar-refractivity contribution in [3.05, 3.63) is 35.4 Å². The molecule has 160 valence electrons. The number of benzene rings is 1. The van der Waals surface area contributed by atoms with Gasteiger partial charge in [-0.15, -0.1) is 0 Å². The van der Waals surface area contributed by atoms with Crippen molar-refractivity contribution in [2.24, 2.45) is 10.7 Å². The number of aliphatic imine (C=N–C) groups is 1. The Morgan fingerprint density at radius 3 is 2.67 bits per heavy atom. The molecule has 1 saturated heterocycles. The lowest BCUT2D eigenvalue weighted by Gasteiger charge is -2.35. The van der Waals surface area contributed by atoms with Gasteiger partial charge in [-0.2, -0.15) is 4.99 Å². The quantitative estimate of drug-likeness (QED) is 0.530. The summed E-state index contributed by atoms with van der Waals surface area (Å²) < 4.78 is 0. The highest BCUT2D eigenvalue weighted by Crippen LogP contribution is 2.28. The van der Waals surface area contributed by atoms with E-state index in [4.69, 9.17) is 10.7 Å². The summed E-state index contributed by atoms with van der Waals surface area (Å²) >= 11 is 0. The molecule has 2 aromatic rings. The lowest BCUT2D eigenvalue weighted by Crippen LogP contribution is -2.48. The maximum absolute atomic E-state index is 12.8. The normalized spacial score (nSPS) is 23.3. The van der Waals surface area contributed by atoms with Crippen LogP contribution in [0, 0.1) is 6.92 Å². The fourth-order valence-electron chi connectivity index (χ4n) is 4.60. The fourth-order valence-corrected chi connectivity index (χ4v) is 4.60. The zero-order valence-corrected chi connectivity index (χ0v) is 17.8. The highest BCUT2D eigenvalue weighted by molar-refractivity contribution is 6.07. The van der Waals surface area contributed by atoms with Gasteiger partial charge >= 0.3 is 0 Å². The van der Waals surface area contributed by atoms with E-state index in [1.54, 1.807) is 6.92 Å². The largest absolute Gasteiger partial charge is 0.392 e. The smallest absolute Gasteiger partial charge is 0.282 e. The number of pyridine rings is 1. The van der Waals surface area contributed by atoms with E-state index in [1.165, 1.54) is 0 Å². The van der Waals surface area contributed by atoms with Crippen LogP contribution in [0.25, 0.3) is 10.9 Å². The fraction of sp³-hybridized carbons (Fsp3) is 0.522. The van der Waals surface area contributed by atoms with Crippen LogP contribution in [0.4, 0.5) is 5.82 Å². The van der Waals surface area contributed by atoms with Crippen molar-refractivity contribution >= 4 is 28.5 Å². The number of aliphatic hydroxyl groups is 1. The zero-order valence-electron chi connectivity index (χ0n) is 17.8. The number of nitrogens with two attached hydrogens (primary N) is 1. The Morgan fingerprint density at radius 1 is 1.23 bits per heavy atom. The molecule has 1 aliphatic carbocycles. The summed E-state index contributed by atoms with van der Waals surface area (Å²) in [6.45, 7) is 5.24. The number of nitrogens with one attached hydrogen (secondary N) is 1. The van der Waals surface area contributed by atoms with Gasteiger partial charge in [0, 0.05) is 30.6 Å². The van der Waals surface area contributed by atoms with Gasteiger partial charge in [0.05, 0.1) is 17.2 Å². The first-order valence-electron chi connectivity index (χ1n) is 10.9. The highest BCUT2D eigenvalue weighted by atomic mass is 16.3. The van der Waals surface area contributed by atoms with Crippen LogP contribution in [0.1, 0.15) is 54.9 Å². The molecule has 0 spiro atoms. The van der Waals surface area contributed by atoms with Gasteiger partial charge in [0.15, 0.2) is 0 Å². The third-order valence-electron chi connectivity index (χ3n) is 6.18. The first-order chi connectivity index (χ1) is 14.4. The molecule has 1 aromatic carbocycles. The molecule has 2 atom stereocenters. The molecule has 7 heteroatoms. The number of aromatic nitrogens is 1. The van der Waals surface area contributed by atoms with E-state index < -0.39 is 0 Å². The van der Waals surface area contributed by atoms with Crippen LogP contribution in [0.5, 0.6) is 0 Å². The summed E-state index contributed by atoms with van der Waals surface area (Å²) in [7, 11) is 0. The van der Waals surface area contributed by atoms with Crippen molar-refractivity contribution in [3.8, 4) is 0 Å². The third-order valence-corrected chi connectivity index (χ3v) is 6.18. The van der Waals surface area contributed by atoms with Crippen molar-refractivity contribution in [1.29, 1.82) is 0 Å². The number of carbonyl (C=O) groups excluding carboxylic acids is 1. The Kier molecular flexibility index (Phi) is 6.01. The zero-order chi connectivity index (χ0) is 21.3. The van der Waals surface area contributed by atoms with Gasteiger partial charge in [0.2, 0.25) is 0 Å². The van der Waals surface area contributed by atoms with Crippen molar-refractivity contribution < 1.29 is 9.90 Å². The number of aryl methyl sites for hydroxylation is 1. The second-order valence-corrected chi connectivity index (χ2v) is 8.65. The summed E-state index contributed by atoms with van der Waals surface area (Å²) in [4.78, 5) is 23.8. The first-order valence-corrected chi connectivity index (χ1v) is 10.9. The summed E-state index contributed by atoms with van der Waals surface area (Å²) in [5.41, 5.74) is 8.16. The Labute approximate surface area is 177 Å². The molecule has 0 unspecified atom stereocenters. The summed E-state index contributed by atoms with van der Waals surface area (Å²) in [5.74, 6) is 0.573. The lowest BCUT2D eigenvalue weighted by atomic mass is 10.0. The van der Waals surface area contributed by atoms with E-state index in [1.807, 2.05) is 31.2 Å². The van der Waals surface area contributed by atoms with Crippen LogP contribution < -0.4 is 16.0 Å². The number of piperidine rings is 1. The third kappa shape index (κ3) is 4.47. The number of carbonyl (C=O) groups is 1. The van der Waals surface area contributed by atoms with E-state index >= 15 is 0 Å². The lowest BCUT2D eigenvalue weighted by molar-refractivity contribution is 0.100. The van der Waals surface area contributed by atoms with Gasteiger partial charge in [0.25, 0.3) is 5.91 Å². The van der Waals surface area contributed by atoms with Gasteiger partial charge in [-0.3, -0.25) is 4.79 Å².